The van der Waals surface area contributed by atoms with Crippen LogP contribution < -0.4 is 0 Å². The number of benzene rings is 1. The lowest BCUT2D eigenvalue weighted by Gasteiger charge is -2.10. The minimum atomic E-state index is 0.710. The Labute approximate surface area is 119 Å². The SMILES string of the molecule is CN(C)CCCCCn1c(/C=N/O)nc2ccccc21. The molecule has 0 amide bonds. The lowest BCUT2D eigenvalue weighted by molar-refractivity contribution is 0.321. The van der Waals surface area contributed by atoms with Gasteiger partial charge in [-0.2, -0.15) is 0 Å². The van der Waals surface area contributed by atoms with Crippen LogP contribution in [0.5, 0.6) is 0 Å². The highest BCUT2D eigenvalue weighted by molar-refractivity contribution is 5.84. The van der Waals surface area contributed by atoms with E-state index in [9.17, 15) is 0 Å². The number of aryl methyl sites for hydroxylation is 1. The van der Waals surface area contributed by atoms with Crippen molar-refractivity contribution in [2.45, 2.75) is 25.8 Å². The summed E-state index contributed by atoms with van der Waals surface area (Å²) >= 11 is 0. The van der Waals surface area contributed by atoms with Crippen molar-refractivity contribution < 1.29 is 5.21 Å². The summed E-state index contributed by atoms with van der Waals surface area (Å²) in [5, 5.41) is 11.9. The van der Waals surface area contributed by atoms with E-state index in [0.29, 0.717) is 5.82 Å². The molecule has 0 unspecified atom stereocenters. The van der Waals surface area contributed by atoms with Gasteiger partial charge in [0.25, 0.3) is 0 Å². The van der Waals surface area contributed by atoms with Crippen LogP contribution >= 0.6 is 0 Å². The van der Waals surface area contributed by atoms with Crippen LogP contribution in [0.2, 0.25) is 0 Å². The third kappa shape index (κ3) is 3.57. The fraction of sp³-hybridized carbons (Fsp3) is 0.467. The number of hydrogen-bond acceptors (Lipinski definition) is 4. The molecule has 0 fully saturated rings. The Morgan fingerprint density at radius 3 is 2.80 bits per heavy atom. The average molecular weight is 274 g/mol. The zero-order valence-electron chi connectivity index (χ0n) is 12.2. The molecule has 0 aliphatic heterocycles. The van der Waals surface area contributed by atoms with E-state index in [0.717, 1.165) is 30.5 Å². The first-order chi connectivity index (χ1) is 9.72. The number of aromatic nitrogens is 2. The third-order valence-corrected chi connectivity index (χ3v) is 3.34. The molecule has 0 radical (unpaired) electrons. The van der Waals surface area contributed by atoms with Gasteiger partial charge in [-0.05, 0) is 45.6 Å². The number of fused-ring (bicyclic) bond motifs is 1. The molecule has 1 N–H and O–H groups in total. The van der Waals surface area contributed by atoms with Crippen molar-refractivity contribution in [3.05, 3.63) is 30.1 Å². The minimum Gasteiger partial charge on any atom is -0.411 e. The van der Waals surface area contributed by atoms with Crippen LogP contribution in [-0.2, 0) is 6.54 Å². The Kier molecular flexibility index (Phi) is 5.12. The normalized spacial score (nSPS) is 11.9. The van der Waals surface area contributed by atoms with E-state index in [-0.39, 0.29) is 0 Å². The highest BCUT2D eigenvalue weighted by atomic mass is 16.4. The van der Waals surface area contributed by atoms with E-state index in [4.69, 9.17) is 5.21 Å². The van der Waals surface area contributed by atoms with Crippen molar-refractivity contribution in [1.29, 1.82) is 0 Å². The van der Waals surface area contributed by atoms with Crippen LogP contribution in [0.4, 0.5) is 0 Å². The average Bonchev–Trinajstić information content (AvgIpc) is 2.76. The number of para-hydroxylation sites is 2. The van der Waals surface area contributed by atoms with Crippen molar-refractivity contribution in [2.75, 3.05) is 20.6 Å². The lowest BCUT2D eigenvalue weighted by atomic mass is 10.2. The Balaban J connectivity index is 2.05. The molecular weight excluding hydrogens is 252 g/mol. The molecule has 0 saturated heterocycles. The molecule has 0 bridgehead atoms. The standard InChI is InChI=1S/C15H22N4O/c1-18(2)10-6-3-7-11-19-14-9-5-4-8-13(14)17-15(19)12-16-20/h4-5,8-9,12,20H,3,6-7,10-11H2,1-2H3/b16-12+. The van der Waals surface area contributed by atoms with E-state index >= 15 is 0 Å². The highest BCUT2D eigenvalue weighted by Crippen LogP contribution is 2.16. The molecule has 1 aromatic carbocycles. The number of hydrogen-bond donors (Lipinski definition) is 1. The first-order valence-corrected chi connectivity index (χ1v) is 7.00. The van der Waals surface area contributed by atoms with E-state index < -0.39 is 0 Å². The van der Waals surface area contributed by atoms with Crippen molar-refractivity contribution in [2.24, 2.45) is 5.16 Å². The summed E-state index contributed by atoms with van der Waals surface area (Å²) in [5.74, 6) is 0.710. The molecule has 2 rings (SSSR count). The fourth-order valence-electron chi connectivity index (χ4n) is 2.35. The minimum absolute atomic E-state index is 0.710. The summed E-state index contributed by atoms with van der Waals surface area (Å²) in [6, 6.07) is 8.01. The summed E-state index contributed by atoms with van der Waals surface area (Å²) in [5.41, 5.74) is 2.03. The molecule has 0 aliphatic rings. The van der Waals surface area contributed by atoms with Gasteiger partial charge in [-0.3, -0.25) is 0 Å². The molecule has 0 aliphatic carbocycles. The number of rotatable bonds is 7. The third-order valence-electron chi connectivity index (χ3n) is 3.34. The zero-order chi connectivity index (χ0) is 14.4. The zero-order valence-corrected chi connectivity index (χ0v) is 12.2. The van der Waals surface area contributed by atoms with E-state index in [2.05, 4.69) is 39.8 Å². The summed E-state index contributed by atoms with van der Waals surface area (Å²) in [4.78, 5) is 6.68. The van der Waals surface area contributed by atoms with Crippen LogP contribution in [0.25, 0.3) is 11.0 Å². The van der Waals surface area contributed by atoms with Gasteiger partial charge in [0.15, 0.2) is 5.82 Å². The summed E-state index contributed by atoms with van der Waals surface area (Å²) in [6.07, 6.45) is 4.88. The van der Waals surface area contributed by atoms with Gasteiger partial charge >= 0.3 is 0 Å². The van der Waals surface area contributed by atoms with Gasteiger partial charge in [0.2, 0.25) is 0 Å². The van der Waals surface area contributed by atoms with Gasteiger partial charge in [-0.25, -0.2) is 4.98 Å². The Morgan fingerprint density at radius 2 is 2.05 bits per heavy atom. The number of oxime groups is 1. The summed E-state index contributed by atoms with van der Waals surface area (Å²) < 4.78 is 2.12. The molecule has 1 aromatic heterocycles. The second kappa shape index (κ2) is 7.05. The maximum absolute atomic E-state index is 8.75. The molecular formula is C15H22N4O. The first kappa shape index (κ1) is 14.5. The van der Waals surface area contributed by atoms with Crippen LogP contribution in [-0.4, -0.2) is 46.5 Å². The van der Waals surface area contributed by atoms with Crippen molar-refractivity contribution >= 4 is 17.2 Å². The number of unbranched alkanes of at least 4 members (excludes halogenated alkanes) is 2. The van der Waals surface area contributed by atoms with Crippen molar-refractivity contribution in [1.82, 2.24) is 14.5 Å². The predicted octanol–water partition coefficient (Wildman–Crippen LogP) is 2.58. The van der Waals surface area contributed by atoms with E-state index in [1.165, 1.54) is 19.1 Å². The van der Waals surface area contributed by atoms with Crippen molar-refractivity contribution in [3.8, 4) is 0 Å². The van der Waals surface area contributed by atoms with Gasteiger partial charge in [0.05, 0.1) is 11.0 Å². The number of imidazole rings is 1. The predicted molar refractivity (Wildman–Crippen MR) is 81.5 cm³/mol. The topological polar surface area (TPSA) is 53.7 Å². The number of nitrogens with zero attached hydrogens (tertiary/aromatic N) is 4. The first-order valence-electron chi connectivity index (χ1n) is 7.00. The quantitative estimate of drug-likeness (QED) is 0.365. The molecule has 0 spiro atoms. The van der Waals surface area contributed by atoms with E-state index in [1.807, 2.05) is 18.2 Å². The summed E-state index contributed by atoms with van der Waals surface area (Å²) in [6.45, 7) is 2.02. The Bertz CT molecular complexity index is 574. The Hall–Kier alpha value is -1.88. The van der Waals surface area contributed by atoms with Crippen LogP contribution in [0.15, 0.2) is 29.4 Å². The van der Waals surface area contributed by atoms with Gasteiger partial charge in [-0.15, -0.1) is 0 Å². The molecule has 20 heavy (non-hydrogen) atoms. The second-order valence-electron chi connectivity index (χ2n) is 5.22. The van der Waals surface area contributed by atoms with Gasteiger partial charge in [-0.1, -0.05) is 23.7 Å². The maximum atomic E-state index is 8.75. The Morgan fingerprint density at radius 1 is 1.25 bits per heavy atom. The molecule has 0 atom stereocenters. The van der Waals surface area contributed by atoms with Gasteiger partial charge in [0.1, 0.15) is 6.21 Å². The molecule has 2 aromatic rings. The molecule has 108 valence electrons. The largest absolute Gasteiger partial charge is 0.411 e. The molecule has 1 heterocycles. The molecule has 0 saturated carbocycles. The van der Waals surface area contributed by atoms with Crippen molar-refractivity contribution in [3.63, 3.8) is 0 Å². The molecule has 5 nitrogen and oxygen atoms in total. The summed E-state index contributed by atoms with van der Waals surface area (Å²) in [7, 11) is 4.19. The lowest BCUT2D eigenvalue weighted by Crippen LogP contribution is -2.13. The van der Waals surface area contributed by atoms with Crippen LogP contribution in [0.1, 0.15) is 25.1 Å². The van der Waals surface area contributed by atoms with Crippen LogP contribution in [0, 0.1) is 0 Å². The smallest absolute Gasteiger partial charge is 0.155 e. The van der Waals surface area contributed by atoms with Gasteiger partial charge in [0, 0.05) is 6.54 Å². The van der Waals surface area contributed by atoms with E-state index in [1.54, 1.807) is 0 Å². The van der Waals surface area contributed by atoms with Crippen LogP contribution in [0.3, 0.4) is 0 Å². The second-order valence-corrected chi connectivity index (χ2v) is 5.22. The highest BCUT2D eigenvalue weighted by Gasteiger charge is 2.08. The monoisotopic (exact) mass is 274 g/mol. The molecule has 5 heteroatoms. The fourth-order valence-corrected chi connectivity index (χ4v) is 2.35. The van der Waals surface area contributed by atoms with Gasteiger partial charge < -0.3 is 14.7 Å². The maximum Gasteiger partial charge on any atom is 0.155 e.